The fraction of sp³-hybridized carbons (Fsp3) is 0.200. The van der Waals surface area contributed by atoms with Gasteiger partial charge in [0.15, 0.2) is 0 Å². The van der Waals surface area contributed by atoms with Gasteiger partial charge in [0.1, 0.15) is 0 Å². The van der Waals surface area contributed by atoms with Crippen LogP contribution < -0.4 is 5.73 Å². The van der Waals surface area contributed by atoms with Crippen LogP contribution in [0, 0.1) is 11.8 Å². The summed E-state index contributed by atoms with van der Waals surface area (Å²) in [6.07, 6.45) is -4.41. The first-order chi connectivity index (χ1) is 6.93. The number of nitrogens with two attached hydrogens (primary N) is 1. The fourth-order valence-corrected chi connectivity index (χ4v) is 1.21. The van der Waals surface area contributed by atoms with Crippen molar-refractivity contribution >= 4 is 11.6 Å². The van der Waals surface area contributed by atoms with Gasteiger partial charge in [-0.05, 0) is 18.2 Å². The molecule has 15 heavy (non-hydrogen) atoms. The number of hydrogen-bond donors (Lipinski definition) is 1. The van der Waals surface area contributed by atoms with E-state index in [0.29, 0.717) is 0 Å². The molecule has 0 heterocycles. The van der Waals surface area contributed by atoms with Crippen molar-refractivity contribution in [3.05, 3.63) is 34.3 Å². The average molecular weight is 234 g/mol. The molecule has 0 aromatic heterocycles. The molecule has 2 N–H and O–H groups in total. The van der Waals surface area contributed by atoms with Crippen LogP contribution in [0.5, 0.6) is 0 Å². The SMILES string of the molecule is NCC#Cc1cc(Cl)cc(C(F)(F)F)c1. The third kappa shape index (κ3) is 3.46. The third-order valence-corrected chi connectivity index (χ3v) is 1.78. The van der Waals surface area contributed by atoms with Crippen LogP contribution in [-0.4, -0.2) is 6.54 Å². The zero-order chi connectivity index (χ0) is 11.5. The number of benzene rings is 1. The smallest absolute Gasteiger partial charge is 0.320 e. The van der Waals surface area contributed by atoms with Crippen LogP contribution in [-0.2, 0) is 6.18 Å². The fourth-order valence-electron chi connectivity index (χ4n) is 0.979. The summed E-state index contributed by atoms with van der Waals surface area (Å²) < 4.78 is 37.0. The Bertz CT molecular complexity index is 415. The van der Waals surface area contributed by atoms with Crippen LogP contribution in [0.15, 0.2) is 18.2 Å². The molecule has 1 aromatic rings. The quantitative estimate of drug-likeness (QED) is 0.685. The molecule has 0 aliphatic carbocycles. The van der Waals surface area contributed by atoms with Crippen molar-refractivity contribution in [2.24, 2.45) is 5.73 Å². The molecule has 0 saturated carbocycles. The Morgan fingerprint density at radius 3 is 2.47 bits per heavy atom. The highest BCUT2D eigenvalue weighted by Crippen LogP contribution is 2.31. The van der Waals surface area contributed by atoms with E-state index in [9.17, 15) is 13.2 Å². The minimum absolute atomic E-state index is 0.00569. The first kappa shape index (κ1) is 11.9. The van der Waals surface area contributed by atoms with Gasteiger partial charge in [0.2, 0.25) is 0 Å². The molecule has 80 valence electrons. The first-order valence-electron chi connectivity index (χ1n) is 4.00. The van der Waals surface area contributed by atoms with Gasteiger partial charge in [0.05, 0.1) is 12.1 Å². The molecular weight excluding hydrogens is 227 g/mol. The second-order valence-electron chi connectivity index (χ2n) is 2.73. The van der Waals surface area contributed by atoms with E-state index in [1.165, 1.54) is 6.07 Å². The zero-order valence-corrected chi connectivity index (χ0v) is 8.28. The third-order valence-electron chi connectivity index (χ3n) is 1.56. The number of halogens is 4. The molecule has 0 amide bonds. The highest BCUT2D eigenvalue weighted by atomic mass is 35.5. The van der Waals surface area contributed by atoms with Crippen LogP contribution in [0.2, 0.25) is 5.02 Å². The number of hydrogen-bond acceptors (Lipinski definition) is 1. The maximum absolute atomic E-state index is 12.3. The van der Waals surface area contributed by atoms with Crippen molar-refractivity contribution in [1.29, 1.82) is 0 Å². The van der Waals surface area contributed by atoms with Gasteiger partial charge in [-0.15, -0.1) is 0 Å². The van der Waals surface area contributed by atoms with Crippen LogP contribution in [0.1, 0.15) is 11.1 Å². The number of rotatable bonds is 0. The van der Waals surface area contributed by atoms with Crippen molar-refractivity contribution < 1.29 is 13.2 Å². The normalized spacial score (nSPS) is 10.7. The standard InChI is InChI=1S/C10H7ClF3N/c11-9-5-7(2-1-3-15)4-8(6-9)10(12,13)14/h4-6H,3,15H2. The maximum Gasteiger partial charge on any atom is 0.416 e. The Labute approximate surface area is 90.0 Å². The summed E-state index contributed by atoms with van der Waals surface area (Å²) in [5.41, 5.74) is 4.51. The van der Waals surface area contributed by atoms with Crippen LogP contribution in [0.3, 0.4) is 0 Å². The van der Waals surface area contributed by atoms with Gasteiger partial charge in [-0.3, -0.25) is 0 Å². The molecule has 0 spiro atoms. The summed E-state index contributed by atoms with van der Waals surface area (Å²) in [4.78, 5) is 0. The predicted molar refractivity (Wildman–Crippen MR) is 52.4 cm³/mol. The highest BCUT2D eigenvalue weighted by molar-refractivity contribution is 6.30. The van der Waals surface area contributed by atoms with Gasteiger partial charge in [-0.25, -0.2) is 0 Å². The largest absolute Gasteiger partial charge is 0.416 e. The van der Waals surface area contributed by atoms with Gasteiger partial charge in [0, 0.05) is 10.6 Å². The molecule has 0 unspecified atom stereocenters. The Morgan fingerprint density at radius 1 is 1.27 bits per heavy atom. The second kappa shape index (κ2) is 4.56. The Morgan fingerprint density at radius 2 is 1.93 bits per heavy atom. The molecule has 0 atom stereocenters. The molecule has 0 aliphatic heterocycles. The summed E-state index contributed by atoms with van der Waals surface area (Å²) in [5.74, 6) is 4.96. The molecule has 1 rings (SSSR count). The lowest BCUT2D eigenvalue weighted by molar-refractivity contribution is -0.137. The van der Waals surface area contributed by atoms with E-state index in [2.05, 4.69) is 11.8 Å². The van der Waals surface area contributed by atoms with Crippen molar-refractivity contribution in [2.75, 3.05) is 6.54 Å². The predicted octanol–water partition coefficient (Wildman–Crippen LogP) is 2.67. The highest BCUT2D eigenvalue weighted by Gasteiger charge is 2.30. The van der Waals surface area contributed by atoms with Crippen LogP contribution in [0.4, 0.5) is 13.2 Å². The second-order valence-corrected chi connectivity index (χ2v) is 3.17. The Balaban J connectivity index is 3.17. The minimum Gasteiger partial charge on any atom is -0.320 e. The topological polar surface area (TPSA) is 26.0 Å². The molecule has 0 radical (unpaired) electrons. The molecule has 5 heteroatoms. The first-order valence-corrected chi connectivity index (χ1v) is 4.38. The average Bonchev–Trinajstić information content (AvgIpc) is 2.12. The van der Waals surface area contributed by atoms with Gasteiger partial charge >= 0.3 is 6.18 Å². The van der Waals surface area contributed by atoms with Crippen molar-refractivity contribution in [2.45, 2.75) is 6.18 Å². The van der Waals surface area contributed by atoms with E-state index in [1.54, 1.807) is 0 Å². The maximum atomic E-state index is 12.3. The van der Waals surface area contributed by atoms with Crippen molar-refractivity contribution in [1.82, 2.24) is 0 Å². The lowest BCUT2D eigenvalue weighted by Crippen LogP contribution is -2.05. The number of alkyl halides is 3. The van der Waals surface area contributed by atoms with Gasteiger partial charge in [0.25, 0.3) is 0 Å². The Kier molecular flexibility index (Phi) is 3.61. The minimum atomic E-state index is -4.41. The van der Waals surface area contributed by atoms with Gasteiger partial charge in [-0.2, -0.15) is 13.2 Å². The summed E-state index contributed by atoms with van der Waals surface area (Å²) in [5, 5.41) is 0.00569. The monoisotopic (exact) mass is 233 g/mol. The molecule has 0 saturated heterocycles. The van der Waals surface area contributed by atoms with E-state index >= 15 is 0 Å². The lowest BCUT2D eigenvalue weighted by atomic mass is 10.1. The van der Waals surface area contributed by atoms with Crippen molar-refractivity contribution in [3.63, 3.8) is 0 Å². The molecule has 0 bridgehead atoms. The summed E-state index contributed by atoms with van der Waals surface area (Å²) >= 11 is 5.54. The van der Waals surface area contributed by atoms with Gasteiger partial charge in [-0.1, -0.05) is 23.4 Å². The van der Waals surface area contributed by atoms with Crippen LogP contribution in [0.25, 0.3) is 0 Å². The van der Waals surface area contributed by atoms with E-state index < -0.39 is 11.7 Å². The van der Waals surface area contributed by atoms with Gasteiger partial charge < -0.3 is 5.73 Å². The molecule has 0 fully saturated rings. The zero-order valence-electron chi connectivity index (χ0n) is 7.53. The van der Waals surface area contributed by atoms with E-state index in [-0.39, 0.29) is 17.1 Å². The van der Waals surface area contributed by atoms with Crippen molar-refractivity contribution in [3.8, 4) is 11.8 Å². The van der Waals surface area contributed by atoms with E-state index in [4.69, 9.17) is 17.3 Å². The lowest BCUT2D eigenvalue weighted by Gasteiger charge is -2.07. The Hall–Kier alpha value is -1.18. The molecular formula is C10H7ClF3N. The van der Waals surface area contributed by atoms with E-state index in [1.807, 2.05) is 0 Å². The molecule has 1 nitrogen and oxygen atoms in total. The van der Waals surface area contributed by atoms with E-state index in [0.717, 1.165) is 12.1 Å². The summed E-state index contributed by atoms with van der Waals surface area (Å²) in [6, 6.07) is 3.16. The van der Waals surface area contributed by atoms with Crippen LogP contribution >= 0.6 is 11.6 Å². The molecule has 0 aliphatic rings. The molecule has 1 aromatic carbocycles. The summed E-state index contributed by atoms with van der Waals surface area (Å²) in [7, 11) is 0. The summed E-state index contributed by atoms with van der Waals surface area (Å²) in [6.45, 7) is 0.0911.